The van der Waals surface area contributed by atoms with Gasteiger partial charge in [0.05, 0.1) is 11.1 Å². The third-order valence-electron chi connectivity index (χ3n) is 2.35. The van der Waals surface area contributed by atoms with Gasteiger partial charge in [0.1, 0.15) is 0 Å². The van der Waals surface area contributed by atoms with Crippen molar-refractivity contribution in [1.29, 1.82) is 0 Å². The van der Waals surface area contributed by atoms with Crippen LogP contribution < -0.4 is 11.3 Å². The van der Waals surface area contributed by atoms with Crippen LogP contribution in [0.1, 0.15) is 10.4 Å². The number of ether oxygens (including phenoxy) is 1. The number of aromatic nitrogens is 1. The molecule has 18 heavy (non-hydrogen) atoms. The molecule has 0 saturated carbocycles. The van der Waals surface area contributed by atoms with Gasteiger partial charge in [0.2, 0.25) is 0 Å². The summed E-state index contributed by atoms with van der Waals surface area (Å²) in [7, 11) is 0. The molecule has 0 unspecified atom stereocenters. The third-order valence-corrected chi connectivity index (χ3v) is 2.35. The summed E-state index contributed by atoms with van der Waals surface area (Å²) in [5.74, 6) is 3.70. The van der Waals surface area contributed by atoms with Crippen LogP contribution in [0.4, 0.5) is 0 Å². The second kappa shape index (κ2) is 5.24. The van der Waals surface area contributed by atoms with Crippen molar-refractivity contribution in [2.24, 2.45) is 5.84 Å². The van der Waals surface area contributed by atoms with E-state index in [-0.39, 0.29) is 0 Å². The number of nitrogens with one attached hydrogen (secondary N) is 1. The molecule has 0 spiro atoms. The van der Waals surface area contributed by atoms with E-state index in [1.807, 2.05) is 17.6 Å². The first-order valence-corrected chi connectivity index (χ1v) is 5.22. The molecule has 6 nitrogen and oxygen atoms in total. The summed E-state index contributed by atoms with van der Waals surface area (Å²) in [5, 5.41) is 0.829. The first kappa shape index (κ1) is 12.0. The number of esters is 1. The Hall–Kier alpha value is -2.47. The molecule has 0 atom stereocenters. The fourth-order valence-corrected chi connectivity index (χ4v) is 1.52. The number of pyridine rings is 1. The van der Waals surface area contributed by atoms with E-state index in [2.05, 4.69) is 4.98 Å². The van der Waals surface area contributed by atoms with Gasteiger partial charge < -0.3 is 4.74 Å². The molecule has 1 amide bonds. The fourth-order valence-electron chi connectivity index (χ4n) is 1.52. The van der Waals surface area contributed by atoms with E-state index in [1.165, 1.54) is 0 Å². The van der Waals surface area contributed by atoms with Gasteiger partial charge >= 0.3 is 5.97 Å². The average molecular weight is 245 g/mol. The molecular formula is C12H11N3O3. The maximum Gasteiger partial charge on any atom is 0.340 e. The Bertz CT molecular complexity index is 593. The Kier molecular flexibility index (Phi) is 3.49. The van der Waals surface area contributed by atoms with Crippen LogP contribution in [0.2, 0.25) is 0 Å². The van der Waals surface area contributed by atoms with Crippen molar-refractivity contribution in [3.8, 4) is 0 Å². The minimum Gasteiger partial charge on any atom is -0.452 e. The number of carbonyl (C=O) groups excluding carboxylic acids is 2. The zero-order chi connectivity index (χ0) is 13.0. The standard InChI is InChI=1S/C12H11N3O3/c13-15-10(16)7-18-12(17)9-5-1-3-8-4-2-6-14-11(8)9/h1-6H,7,13H2,(H,15,16). The molecule has 0 aliphatic heterocycles. The van der Waals surface area contributed by atoms with Crippen LogP contribution >= 0.6 is 0 Å². The minimum atomic E-state index is -0.608. The van der Waals surface area contributed by atoms with Gasteiger partial charge in [-0.05, 0) is 12.1 Å². The summed E-state index contributed by atoms with van der Waals surface area (Å²) < 4.78 is 4.82. The molecule has 2 rings (SSSR count). The Morgan fingerprint density at radius 3 is 2.83 bits per heavy atom. The number of carbonyl (C=O) groups is 2. The number of fused-ring (bicyclic) bond motifs is 1. The zero-order valence-corrected chi connectivity index (χ0v) is 9.42. The van der Waals surface area contributed by atoms with Crippen molar-refractivity contribution >= 4 is 22.8 Å². The molecular weight excluding hydrogens is 234 g/mol. The zero-order valence-electron chi connectivity index (χ0n) is 9.42. The average Bonchev–Trinajstić information content (AvgIpc) is 2.43. The number of rotatable bonds is 3. The maximum absolute atomic E-state index is 11.8. The summed E-state index contributed by atoms with van der Waals surface area (Å²) in [6.07, 6.45) is 1.59. The normalized spacial score (nSPS) is 10.1. The van der Waals surface area contributed by atoms with E-state index in [0.717, 1.165) is 5.39 Å². The number of hydrazine groups is 1. The Balaban J connectivity index is 2.25. The van der Waals surface area contributed by atoms with Gasteiger partial charge in [-0.25, -0.2) is 10.6 Å². The lowest BCUT2D eigenvalue weighted by molar-refractivity contribution is -0.124. The predicted molar refractivity (Wildman–Crippen MR) is 64.4 cm³/mol. The van der Waals surface area contributed by atoms with E-state index in [4.69, 9.17) is 10.6 Å². The van der Waals surface area contributed by atoms with Gasteiger partial charge in [0.25, 0.3) is 5.91 Å². The van der Waals surface area contributed by atoms with Crippen molar-refractivity contribution in [2.45, 2.75) is 0 Å². The van der Waals surface area contributed by atoms with Crippen LogP contribution in [-0.4, -0.2) is 23.5 Å². The number of amides is 1. The van der Waals surface area contributed by atoms with Crippen LogP contribution in [-0.2, 0) is 9.53 Å². The lowest BCUT2D eigenvalue weighted by Crippen LogP contribution is -2.34. The van der Waals surface area contributed by atoms with E-state index < -0.39 is 18.5 Å². The summed E-state index contributed by atoms with van der Waals surface area (Å²) in [4.78, 5) is 26.8. The lowest BCUT2D eigenvalue weighted by Gasteiger charge is -2.05. The van der Waals surface area contributed by atoms with Crippen molar-refractivity contribution < 1.29 is 14.3 Å². The molecule has 0 saturated heterocycles. The van der Waals surface area contributed by atoms with Crippen LogP contribution in [0.3, 0.4) is 0 Å². The van der Waals surface area contributed by atoms with Gasteiger partial charge in [-0.15, -0.1) is 0 Å². The summed E-state index contributed by atoms with van der Waals surface area (Å²) in [5.41, 5.74) is 2.73. The van der Waals surface area contributed by atoms with E-state index in [9.17, 15) is 9.59 Å². The topological polar surface area (TPSA) is 94.3 Å². The molecule has 1 heterocycles. The molecule has 1 aromatic carbocycles. The highest BCUT2D eigenvalue weighted by Gasteiger charge is 2.13. The first-order chi connectivity index (χ1) is 8.72. The van der Waals surface area contributed by atoms with Crippen LogP contribution in [0.5, 0.6) is 0 Å². The van der Waals surface area contributed by atoms with Crippen LogP contribution in [0.15, 0.2) is 36.5 Å². The highest BCUT2D eigenvalue weighted by molar-refractivity contribution is 6.03. The predicted octanol–water partition coefficient (Wildman–Crippen LogP) is 0.381. The highest BCUT2D eigenvalue weighted by Crippen LogP contribution is 2.16. The SMILES string of the molecule is NNC(=O)COC(=O)c1cccc2cccnc12. The number of hydrogen-bond acceptors (Lipinski definition) is 5. The Morgan fingerprint density at radius 1 is 1.28 bits per heavy atom. The summed E-state index contributed by atoms with van der Waals surface area (Å²) in [6, 6.07) is 8.78. The van der Waals surface area contributed by atoms with Gasteiger partial charge in [0, 0.05) is 11.6 Å². The third kappa shape index (κ3) is 2.44. The van der Waals surface area contributed by atoms with Crippen molar-refractivity contribution in [2.75, 3.05) is 6.61 Å². The second-order valence-electron chi connectivity index (χ2n) is 3.52. The maximum atomic E-state index is 11.8. The fraction of sp³-hybridized carbons (Fsp3) is 0.0833. The molecule has 0 bridgehead atoms. The van der Waals surface area contributed by atoms with E-state index >= 15 is 0 Å². The monoisotopic (exact) mass is 245 g/mol. The molecule has 0 aliphatic rings. The first-order valence-electron chi connectivity index (χ1n) is 5.22. The van der Waals surface area contributed by atoms with Gasteiger partial charge in [-0.1, -0.05) is 18.2 Å². The molecule has 0 aliphatic carbocycles. The van der Waals surface area contributed by atoms with Crippen molar-refractivity contribution in [1.82, 2.24) is 10.4 Å². The number of benzene rings is 1. The van der Waals surface area contributed by atoms with Crippen molar-refractivity contribution in [3.05, 3.63) is 42.1 Å². The number of para-hydroxylation sites is 1. The molecule has 0 fully saturated rings. The lowest BCUT2D eigenvalue weighted by atomic mass is 10.1. The van der Waals surface area contributed by atoms with Gasteiger partial charge in [-0.3, -0.25) is 15.2 Å². The number of nitrogens with two attached hydrogens (primary N) is 1. The van der Waals surface area contributed by atoms with Crippen molar-refractivity contribution in [3.63, 3.8) is 0 Å². The number of nitrogens with zero attached hydrogens (tertiary/aromatic N) is 1. The molecule has 1 aromatic heterocycles. The largest absolute Gasteiger partial charge is 0.452 e. The molecule has 0 radical (unpaired) electrons. The summed E-state index contributed by atoms with van der Waals surface area (Å²) in [6.45, 7) is -0.418. The minimum absolute atomic E-state index is 0.318. The smallest absolute Gasteiger partial charge is 0.340 e. The molecule has 2 aromatic rings. The molecule has 3 N–H and O–H groups in total. The molecule has 6 heteroatoms. The second-order valence-corrected chi connectivity index (χ2v) is 3.52. The molecule has 92 valence electrons. The summed E-state index contributed by atoms with van der Waals surface area (Å²) >= 11 is 0. The van der Waals surface area contributed by atoms with Gasteiger partial charge in [0.15, 0.2) is 6.61 Å². The quantitative estimate of drug-likeness (QED) is 0.353. The Labute approximate surface area is 103 Å². The van der Waals surface area contributed by atoms with Crippen LogP contribution in [0, 0.1) is 0 Å². The number of hydrogen-bond donors (Lipinski definition) is 2. The van der Waals surface area contributed by atoms with Gasteiger partial charge in [-0.2, -0.15) is 0 Å². The van der Waals surface area contributed by atoms with E-state index in [0.29, 0.717) is 11.1 Å². The van der Waals surface area contributed by atoms with Crippen LogP contribution in [0.25, 0.3) is 10.9 Å². The highest BCUT2D eigenvalue weighted by atomic mass is 16.5. The Morgan fingerprint density at radius 2 is 2.06 bits per heavy atom. The van der Waals surface area contributed by atoms with E-state index in [1.54, 1.807) is 24.4 Å².